The van der Waals surface area contributed by atoms with Gasteiger partial charge in [0, 0.05) is 30.9 Å². The van der Waals surface area contributed by atoms with Crippen molar-refractivity contribution in [3.63, 3.8) is 0 Å². The molecular formula is C24H25FN4O. The molecule has 0 unspecified atom stereocenters. The molecule has 0 atom stereocenters. The molecule has 5 nitrogen and oxygen atoms in total. The summed E-state index contributed by atoms with van der Waals surface area (Å²) < 4.78 is 17.0. The first-order valence-electron chi connectivity index (χ1n) is 9.92. The number of benzene rings is 1. The average molecular weight is 404 g/mol. The Hall–Kier alpha value is -3.28. The zero-order valence-electron chi connectivity index (χ0n) is 17.9. The zero-order valence-corrected chi connectivity index (χ0v) is 17.9. The summed E-state index contributed by atoms with van der Waals surface area (Å²) in [7, 11) is 1.75. The van der Waals surface area contributed by atoms with E-state index in [2.05, 4.69) is 25.8 Å². The second-order valence-corrected chi connectivity index (χ2v) is 8.95. The van der Waals surface area contributed by atoms with Gasteiger partial charge in [-0.25, -0.2) is 14.2 Å². The Morgan fingerprint density at radius 2 is 1.80 bits per heavy atom. The Labute approximate surface area is 174 Å². The summed E-state index contributed by atoms with van der Waals surface area (Å²) in [6.45, 7) is 8.95. The number of fused-ring (bicyclic) bond motifs is 1. The molecule has 0 aliphatic heterocycles. The lowest BCUT2D eigenvalue weighted by Crippen LogP contribution is -2.27. The van der Waals surface area contributed by atoms with Crippen LogP contribution in [0, 0.1) is 18.2 Å². The zero-order chi connectivity index (χ0) is 21.6. The standard InChI is InChI=1S/C24H25FN4O/c1-15-6-7-16(17-10-18(25)13-26-12-17)11-19(15)20-8-9-21-22(27-20)28(5)23(30)29(21)14-24(2,3)4/h6-13H,14H2,1-5H3. The summed E-state index contributed by atoms with van der Waals surface area (Å²) in [5.41, 5.74) is 5.72. The molecule has 0 aliphatic rings. The van der Waals surface area contributed by atoms with Gasteiger partial charge in [0.2, 0.25) is 0 Å². The summed E-state index contributed by atoms with van der Waals surface area (Å²) in [6.07, 6.45) is 2.83. The van der Waals surface area contributed by atoms with Crippen LogP contribution < -0.4 is 5.69 Å². The van der Waals surface area contributed by atoms with E-state index in [9.17, 15) is 9.18 Å². The number of aryl methyl sites for hydroxylation is 2. The topological polar surface area (TPSA) is 52.7 Å². The van der Waals surface area contributed by atoms with Crippen LogP contribution >= 0.6 is 0 Å². The van der Waals surface area contributed by atoms with E-state index in [1.54, 1.807) is 22.4 Å². The highest BCUT2D eigenvalue weighted by Gasteiger charge is 2.19. The van der Waals surface area contributed by atoms with Crippen molar-refractivity contribution in [3.05, 3.63) is 70.7 Å². The largest absolute Gasteiger partial charge is 0.330 e. The third kappa shape index (κ3) is 3.65. The first-order chi connectivity index (χ1) is 14.1. The highest BCUT2D eigenvalue weighted by Crippen LogP contribution is 2.30. The molecule has 1 aromatic carbocycles. The van der Waals surface area contributed by atoms with Gasteiger partial charge < -0.3 is 0 Å². The van der Waals surface area contributed by atoms with Crippen LogP contribution in [0.4, 0.5) is 4.39 Å². The SMILES string of the molecule is Cc1ccc(-c2cncc(F)c2)cc1-c1ccc2c(n1)n(C)c(=O)n2CC(C)(C)C. The highest BCUT2D eigenvalue weighted by molar-refractivity contribution is 5.79. The molecule has 0 spiro atoms. The van der Waals surface area contributed by atoms with Crippen molar-refractivity contribution in [3.8, 4) is 22.4 Å². The monoisotopic (exact) mass is 404 g/mol. The number of imidazole rings is 1. The van der Waals surface area contributed by atoms with Crippen LogP contribution in [-0.2, 0) is 13.6 Å². The van der Waals surface area contributed by atoms with Gasteiger partial charge in [-0.2, -0.15) is 0 Å². The summed E-state index contributed by atoms with van der Waals surface area (Å²) >= 11 is 0. The molecular weight excluding hydrogens is 379 g/mol. The highest BCUT2D eigenvalue weighted by atomic mass is 19.1. The van der Waals surface area contributed by atoms with Crippen LogP contribution in [0.25, 0.3) is 33.5 Å². The minimum absolute atomic E-state index is 0.0271. The van der Waals surface area contributed by atoms with Crippen molar-refractivity contribution in [1.82, 2.24) is 19.1 Å². The number of pyridine rings is 2. The third-order valence-electron chi connectivity index (χ3n) is 5.17. The van der Waals surface area contributed by atoms with Crippen molar-refractivity contribution in [1.29, 1.82) is 0 Å². The molecule has 0 N–H and O–H groups in total. The fourth-order valence-corrected chi connectivity index (χ4v) is 3.70. The van der Waals surface area contributed by atoms with Crippen LogP contribution in [0.15, 0.2) is 53.6 Å². The molecule has 30 heavy (non-hydrogen) atoms. The van der Waals surface area contributed by atoms with Gasteiger partial charge in [0.15, 0.2) is 5.65 Å². The number of rotatable bonds is 3. The van der Waals surface area contributed by atoms with Crippen LogP contribution in [0.5, 0.6) is 0 Å². The lowest BCUT2D eigenvalue weighted by molar-refractivity contribution is 0.342. The Balaban J connectivity index is 1.85. The van der Waals surface area contributed by atoms with Crippen molar-refractivity contribution >= 4 is 11.2 Å². The van der Waals surface area contributed by atoms with Gasteiger partial charge >= 0.3 is 5.69 Å². The first kappa shape index (κ1) is 20.0. The predicted molar refractivity (Wildman–Crippen MR) is 118 cm³/mol. The lowest BCUT2D eigenvalue weighted by atomic mass is 9.97. The van der Waals surface area contributed by atoms with E-state index in [0.717, 1.165) is 27.9 Å². The second-order valence-electron chi connectivity index (χ2n) is 8.95. The number of aromatic nitrogens is 4. The molecule has 0 amide bonds. The van der Waals surface area contributed by atoms with Gasteiger partial charge in [-0.1, -0.05) is 32.9 Å². The van der Waals surface area contributed by atoms with Gasteiger partial charge in [0.25, 0.3) is 0 Å². The quantitative estimate of drug-likeness (QED) is 0.485. The molecule has 0 saturated carbocycles. The van der Waals surface area contributed by atoms with Crippen LogP contribution in [0.3, 0.4) is 0 Å². The van der Waals surface area contributed by atoms with Gasteiger partial charge in [-0.15, -0.1) is 0 Å². The van der Waals surface area contributed by atoms with Gasteiger partial charge in [-0.3, -0.25) is 14.1 Å². The Morgan fingerprint density at radius 1 is 1.03 bits per heavy atom. The van der Waals surface area contributed by atoms with E-state index in [0.29, 0.717) is 17.8 Å². The first-order valence-corrected chi connectivity index (χ1v) is 9.92. The Kier molecular flexibility index (Phi) is 4.80. The van der Waals surface area contributed by atoms with E-state index in [4.69, 9.17) is 4.98 Å². The van der Waals surface area contributed by atoms with E-state index < -0.39 is 0 Å². The van der Waals surface area contributed by atoms with Crippen molar-refractivity contribution in [2.75, 3.05) is 0 Å². The molecule has 0 aliphatic carbocycles. The number of hydrogen-bond donors (Lipinski definition) is 0. The minimum atomic E-state index is -0.371. The number of nitrogens with zero attached hydrogens (tertiary/aromatic N) is 4. The summed E-state index contributed by atoms with van der Waals surface area (Å²) in [5, 5.41) is 0. The summed E-state index contributed by atoms with van der Waals surface area (Å²) in [4.78, 5) is 21.6. The normalized spacial score (nSPS) is 11.9. The number of hydrogen-bond acceptors (Lipinski definition) is 3. The molecule has 4 aromatic rings. The summed E-state index contributed by atoms with van der Waals surface area (Å²) in [5.74, 6) is -0.371. The minimum Gasteiger partial charge on any atom is -0.290 e. The molecule has 0 bridgehead atoms. The molecule has 0 saturated heterocycles. The fourth-order valence-electron chi connectivity index (χ4n) is 3.70. The fraction of sp³-hybridized carbons (Fsp3) is 0.292. The molecule has 0 fully saturated rings. The average Bonchev–Trinajstić information content (AvgIpc) is 2.91. The predicted octanol–water partition coefficient (Wildman–Crippen LogP) is 4.96. The van der Waals surface area contributed by atoms with Crippen LogP contribution in [-0.4, -0.2) is 19.1 Å². The Morgan fingerprint density at radius 3 is 2.50 bits per heavy atom. The van der Waals surface area contributed by atoms with E-state index in [1.165, 1.54) is 12.3 Å². The maximum atomic E-state index is 13.6. The van der Waals surface area contributed by atoms with E-state index >= 15 is 0 Å². The van der Waals surface area contributed by atoms with E-state index in [1.807, 2.05) is 37.3 Å². The van der Waals surface area contributed by atoms with Gasteiger partial charge in [0.1, 0.15) is 5.82 Å². The second kappa shape index (κ2) is 7.20. The van der Waals surface area contributed by atoms with Crippen molar-refractivity contribution < 1.29 is 4.39 Å². The van der Waals surface area contributed by atoms with Gasteiger partial charge in [0.05, 0.1) is 17.4 Å². The molecule has 4 rings (SSSR count). The van der Waals surface area contributed by atoms with Crippen molar-refractivity contribution in [2.24, 2.45) is 12.5 Å². The van der Waals surface area contributed by atoms with Crippen molar-refractivity contribution in [2.45, 2.75) is 34.2 Å². The van der Waals surface area contributed by atoms with Crippen LogP contribution in [0.2, 0.25) is 0 Å². The molecule has 3 heterocycles. The number of halogens is 1. The third-order valence-corrected chi connectivity index (χ3v) is 5.17. The Bertz CT molecular complexity index is 1310. The summed E-state index contributed by atoms with van der Waals surface area (Å²) in [6, 6.07) is 11.3. The van der Waals surface area contributed by atoms with E-state index in [-0.39, 0.29) is 16.9 Å². The van der Waals surface area contributed by atoms with Crippen LogP contribution in [0.1, 0.15) is 26.3 Å². The molecule has 3 aromatic heterocycles. The smallest absolute Gasteiger partial charge is 0.290 e. The van der Waals surface area contributed by atoms with Gasteiger partial charge in [-0.05, 0) is 47.7 Å². The molecule has 154 valence electrons. The maximum Gasteiger partial charge on any atom is 0.330 e. The molecule has 0 radical (unpaired) electrons. The molecule has 6 heteroatoms. The lowest BCUT2D eigenvalue weighted by Gasteiger charge is -2.18. The maximum absolute atomic E-state index is 13.6.